The van der Waals surface area contributed by atoms with Gasteiger partial charge in [0.1, 0.15) is 0 Å². The highest BCUT2D eigenvalue weighted by Gasteiger charge is 2.06. The van der Waals surface area contributed by atoms with Crippen LogP contribution in [0.25, 0.3) is 0 Å². The minimum absolute atomic E-state index is 0. The van der Waals surface area contributed by atoms with Crippen molar-refractivity contribution in [3.63, 3.8) is 0 Å². The van der Waals surface area contributed by atoms with Gasteiger partial charge in [0.2, 0.25) is 0 Å². The smallest absolute Gasteiger partial charge is 0.252 e. The first-order valence-electron chi connectivity index (χ1n) is 7.83. The molecule has 3 N–H and O–H groups in total. The van der Waals surface area contributed by atoms with Crippen molar-refractivity contribution in [2.75, 3.05) is 26.7 Å². The van der Waals surface area contributed by atoms with Crippen molar-refractivity contribution in [1.82, 2.24) is 20.9 Å². The number of amides is 1. The quantitative estimate of drug-likeness (QED) is 0.254. The van der Waals surface area contributed by atoms with Gasteiger partial charge in [-0.2, -0.15) is 0 Å². The number of hydrogen-bond donors (Lipinski definition) is 3. The van der Waals surface area contributed by atoms with Gasteiger partial charge >= 0.3 is 0 Å². The van der Waals surface area contributed by atoms with E-state index in [2.05, 4.69) is 39.8 Å². The second-order valence-corrected chi connectivity index (χ2v) is 5.06. The molecule has 0 saturated heterocycles. The Bertz CT molecular complexity index is 463. The zero-order chi connectivity index (χ0) is 16.2. The molecule has 1 rings (SSSR count). The Balaban J connectivity index is 0.00000484. The Labute approximate surface area is 156 Å². The zero-order valence-electron chi connectivity index (χ0n) is 14.1. The molecule has 0 saturated carbocycles. The first-order valence-corrected chi connectivity index (χ1v) is 7.83. The lowest BCUT2D eigenvalue weighted by Gasteiger charge is -2.16. The maximum atomic E-state index is 11.8. The van der Waals surface area contributed by atoms with E-state index < -0.39 is 0 Å². The predicted molar refractivity (Wildman–Crippen MR) is 105 cm³/mol. The number of rotatable bonds is 8. The van der Waals surface area contributed by atoms with Gasteiger partial charge in [-0.1, -0.05) is 26.7 Å². The Morgan fingerprint density at radius 2 is 1.91 bits per heavy atom. The van der Waals surface area contributed by atoms with E-state index in [1.807, 2.05) is 0 Å². The average Bonchev–Trinajstić information content (AvgIpc) is 2.58. The highest BCUT2D eigenvalue weighted by Crippen LogP contribution is 2.04. The third kappa shape index (κ3) is 8.73. The van der Waals surface area contributed by atoms with Gasteiger partial charge in [-0.15, -0.1) is 24.0 Å². The minimum Gasteiger partial charge on any atom is -0.356 e. The largest absolute Gasteiger partial charge is 0.356 e. The van der Waals surface area contributed by atoms with Gasteiger partial charge in [0.25, 0.3) is 5.91 Å². The monoisotopic (exact) mass is 433 g/mol. The van der Waals surface area contributed by atoms with Gasteiger partial charge in [0.05, 0.1) is 5.56 Å². The van der Waals surface area contributed by atoms with Crippen LogP contribution in [0.15, 0.2) is 29.5 Å². The van der Waals surface area contributed by atoms with Crippen molar-refractivity contribution in [1.29, 1.82) is 0 Å². The van der Waals surface area contributed by atoms with E-state index in [0.29, 0.717) is 24.6 Å². The summed E-state index contributed by atoms with van der Waals surface area (Å²) < 4.78 is 0. The van der Waals surface area contributed by atoms with Crippen LogP contribution in [0.4, 0.5) is 0 Å². The number of pyridine rings is 1. The van der Waals surface area contributed by atoms with Crippen LogP contribution in [0.2, 0.25) is 0 Å². The Hall–Kier alpha value is -1.38. The van der Waals surface area contributed by atoms with E-state index in [1.54, 1.807) is 31.6 Å². The zero-order valence-corrected chi connectivity index (χ0v) is 16.5. The van der Waals surface area contributed by atoms with Gasteiger partial charge in [0, 0.05) is 39.1 Å². The Morgan fingerprint density at radius 3 is 2.48 bits per heavy atom. The van der Waals surface area contributed by atoms with E-state index in [9.17, 15) is 4.79 Å². The van der Waals surface area contributed by atoms with Gasteiger partial charge in [-0.3, -0.25) is 14.8 Å². The SMILES string of the molecule is CCC(CC)CNC(=NC)NCCNC(=O)c1cccnc1.I. The van der Waals surface area contributed by atoms with Crippen LogP contribution < -0.4 is 16.0 Å². The molecule has 7 heteroatoms. The van der Waals surface area contributed by atoms with Crippen molar-refractivity contribution in [2.45, 2.75) is 26.7 Å². The first-order chi connectivity index (χ1) is 10.7. The average molecular weight is 433 g/mol. The van der Waals surface area contributed by atoms with Gasteiger partial charge in [-0.25, -0.2) is 0 Å². The van der Waals surface area contributed by atoms with Crippen LogP contribution >= 0.6 is 24.0 Å². The molecular formula is C16H28IN5O. The highest BCUT2D eigenvalue weighted by atomic mass is 127. The summed E-state index contributed by atoms with van der Waals surface area (Å²) in [5.74, 6) is 1.31. The molecule has 1 heterocycles. The summed E-state index contributed by atoms with van der Waals surface area (Å²) in [5, 5.41) is 9.34. The number of nitrogens with one attached hydrogen (secondary N) is 3. The second kappa shape index (κ2) is 13.1. The van der Waals surface area contributed by atoms with Crippen LogP contribution in [0.1, 0.15) is 37.0 Å². The summed E-state index contributed by atoms with van der Waals surface area (Å²) in [7, 11) is 1.75. The summed E-state index contributed by atoms with van der Waals surface area (Å²) in [5.41, 5.74) is 0.568. The molecule has 6 nitrogen and oxygen atoms in total. The molecule has 0 bridgehead atoms. The number of hydrogen-bond acceptors (Lipinski definition) is 3. The van der Waals surface area contributed by atoms with Gasteiger partial charge in [0.15, 0.2) is 5.96 Å². The minimum atomic E-state index is -0.116. The lowest BCUT2D eigenvalue weighted by molar-refractivity contribution is 0.0954. The molecule has 0 atom stereocenters. The lowest BCUT2D eigenvalue weighted by atomic mass is 10.0. The fourth-order valence-corrected chi connectivity index (χ4v) is 2.00. The maximum absolute atomic E-state index is 11.8. The third-order valence-electron chi connectivity index (χ3n) is 3.56. The number of guanidine groups is 1. The standard InChI is InChI=1S/C16H27N5O.HI/c1-4-13(5-2)11-21-16(17-3)20-10-9-19-15(22)14-7-6-8-18-12-14;/h6-8,12-13H,4-5,9-11H2,1-3H3,(H,19,22)(H2,17,20,21);1H. The number of carbonyl (C=O) groups excluding carboxylic acids is 1. The maximum Gasteiger partial charge on any atom is 0.252 e. The van der Waals surface area contributed by atoms with Crippen molar-refractivity contribution in [3.05, 3.63) is 30.1 Å². The van der Waals surface area contributed by atoms with Crippen LogP contribution in [-0.4, -0.2) is 43.5 Å². The Morgan fingerprint density at radius 1 is 1.22 bits per heavy atom. The molecule has 0 aromatic carbocycles. The normalized spacial score (nSPS) is 10.9. The summed E-state index contributed by atoms with van der Waals surface area (Å²) in [6, 6.07) is 3.49. The first kappa shape index (κ1) is 21.6. The molecule has 0 spiro atoms. The van der Waals surface area contributed by atoms with E-state index in [0.717, 1.165) is 25.3 Å². The van der Waals surface area contributed by atoms with Crippen LogP contribution in [-0.2, 0) is 0 Å². The Kier molecular flexibility index (Phi) is 12.3. The van der Waals surface area contributed by atoms with Gasteiger partial charge in [-0.05, 0) is 18.1 Å². The van der Waals surface area contributed by atoms with Crippen LogP contribution in [0.5, 0.6) is 0 Å². The number of aliphatic imine (C=N–C) groups is 1. The van der Waals surface area contributed by atoms with E-state index in [1.165, 1.54) is 0 Å². The molecule has 0 aliphatic rings. The van der Waals surface area contributed by atoms with Crippen molar-refractivity contribution in [2.24, 2.45) is 10.9 Å². The van der Waals surface area contributed by atoms with Gasteiger partial charge < -0.3 is 16.0 Å². The molecule has 0 radical (unpaired) electrons. The molecule has 0 fully saturated rings. The van der Waals surface area contributed by atoms with Crippen molar-refractivity contribution < 1.29 is 4.79 Å². The van der Waals surface area contributed by atoms with Crippen LogP contribution in [0, 0.1) is 5.92 Å². The summed E-state index contributed by atoms with van der Waals surface area (Å²) >= 11 is 0. The molecule has 1 aromatic heterocycles. The molecule has 1 aromatic rings. The molecule has 23 heavy (non-hydrogen) atoms. The molecular weight excluding hydrogens is 405 g/mol. The number of carbonyl (C=O) groups is 1. The van der Waals surface area contributed by atoms with Crippen molar-refractivity contribution >= 4 is 35.8 Å². The summed E-state index contributed by atoms with van der Waals surface area (Å²) in [4.78, 5) is 19.9. The molecule has 1 amide bonds. The predicted octanol–water partition coefficient (Wildman–Crippen LogP) is 2.03. The molecule has 130 valence electrons. The summed E-state index contributed by atoms with van der Waals surface area (Å²) in [6.45, 7) is 6.45. The molecule has 0 aliphatic carbocycles. The third-order valence-corrected chi connectivity index (χ3v) is 3.56. The summed E-state index contributed by atoms with van der Waals surface area (Å²) in [6.07, 6.45) is 5.51. The number of halogens is 1. The van der Waals surface area contributed by atoms with E-state index in [-0.39, 0.29) is 29.9 Å². The fourth-order valence-electron chi connectivity index (χ4n) is 2.00. The number of aromatic nitrogens is 1. The highest BCUT2D eigenvalue weighted by molar-refractivity contribution is 14.0. The van der Waals surface area contributed by atoms with E-state index >= 15 is 0 Å². The molecule has 0 aliphatic heterocycles. The molecule has 0 unspecified atom stereocenters. The topological polar surface area (TPSA) is 78.4 Å². The van der Waals surface area contributed by atoms with E-state index in [4.69, 9.17) is 0 Å². The van der Waals surface area contributed by atoms with Crippen LogP contribution in [0.3, 0.4) is 0 Å². The second-order valence-electron chi connectivity index (χ2n) is 5.06. The number of nitrogens with zero attached hydrogens (tertiary/aromatic N) is 2. The lowest BCUT2D eigenvalue weighted by Crippen LogP contribution is -2.43. The van der Waals surface area contributed by atoms with Crippen molar-refractivity contribution in [3.8, 4) is 0 Å². The fraction of sp³-hybridized carbons (Fsp3) is 0.562.